The summed E-state index contributed by atoms with van der Waals surface area (Å²) in [5, 5.41) is 3.29. The van der Waals surface area contributed by atoms with Gasteiger partial charge in [0.05, 0.1) is 23.6 Å². The normalized spacial score (nSPS) is 14.1. The van der Waals surface area contributed by atoms with Crippen molar-refractivity contribution in [1.29, 1.82) is 0 Å². The Bertz CT molecular complexity index is 1380. The number of rotatable bonds is 9. The van der Waals surface area contributed by atoms with Crippen molar-refractivity contribution in [3.63, 3.8) is 0 Å². The van der Waals surface area contributed by atoms with Crippen LogP contribution < -0.4 is 15.8 Å². The average Bonchev–Trinajstić information content (AvgIpc) is 2.91. The lowest BCUT2D eigenvalue weighted by molar-refractivity contribution is -0.121. The van der Waals surface area contributed by atoms with Crippen molar-refractivity contribution in [3.8, 4) is 0 Å². The number of nitrogens with zero attached hydrogens (tertiary/aromatic N) is 3. The van der Waals surface area contributed by atoms with Gasteiger partial charge < -0.3 is 19.9 Å². The van der Waals surface area contributed by atoms with Gasteiger partial charge in [-0.15, -0.1) is 0 Å². The number of halogens is 1. The highest BCUT2D eigenvalue weighted by Crippen LogP contribution is 2.17. The zero-order valence-corrected chi connectivity index (χ0v) is 21.5. The molecule has 0 bridgehead atoms. The van der Waals surface area contributed by atoms with Crippen molar-refractivity contribution < 1.29 is 18.7 Å². The van der Waals surface area contributed by atoms with Crippen LogP contribution in [0.1, 0.15) is 23.2 Å². The number of aromatic nitrogens is 2. The minimum Gasteiger partial charge on any atom is -0.465 e. The van der Waals surface area contributed by atoms with Gasteiger partial charge in [-0.25, -0.2) is 9.18 Å². The highest BCUT2D eigenvalue weighted by atomic mass is 32.1. The first-order valence-electron chi connectivity index (χ1n) is 12.2. The predicted octanol–water partition coefficient (Wildman–Crippen LogP) is 2.70. The number of amides is 1. The molecule has 2 heterocycles. The highest BCUT2D eigenvalue weighted by Gasteiger charge is 2.17. The van der Waals surface area contributed by atoms with Crippen molar-refractivity contribution >= 4 is 40.7 Å². The van der Waals surface area contributed by atoms with Crippen LogP contribution in [0.5, 0.6) is 0 Å². The number of H-pyrrole nitrogens is 1. The van der Waals surface area contributed by atoms with E-state index in [2.05, 4.69) is 20.1 Å². The molecule has 2 aromatic carbocycles. The lowest BCUT2D eigenvalue weighted by Gasteiger charge is -2.36. The fourth-order valence-electron chi connectivity index (χ4n) is 4.42. The fraction of sp³-hybridized carbons (Fsp3) is 0.385. The van der Waals surface area contributed by atoms with E-state index in [1.54, 1.807) is 18.2 Å². The Kier molecular flexibility index (Phi) is 8.67. The number of hydrogen-bond acceptors (Lipinski definition) is 7. The average molecular weight is 528 g/mol. The maximum atomic E-state index is 13.1. The molecule has 0 aliphatic carbocycles. The Morgan fingerprint density at radius 2 is 1.81 bits per heavy atom. The van der Waals surface area contributed by atoms with Gasteiger partial charge in [-0.2, -0.15) is 0 Å². The molecule has 1 aliphatic heterocycles. The van der Waals surface area contributed by atoms with E-state index < -0.39 is 5.97 Å². The Morgan fingerprint density at radius 1 is 1.08 bits per heavy atom. The van der Waals surface area contributed by atoms with Gasteiger partial charge in [0.15, 0.2) is 4.77 Å². The number of carbonyl (C=O) groups is 2. The zero-order chi connectivity index (χ0) is 26.4. The summed E-state index contributed by atoms with van der Waals surface area (Å²) in [5.41, 5.74) is 1.47. The van der Waals surface area contributed by atoms with E-state index in [1.807, 2.05) is 0 Å². The van der Waals surface area contributed by atoms with Gasteiger partial charge in [-0.3, -0.25) is 19.1 Å². The summed E-state index contributed by atoms with van der Waals surface area (Å²) in [6, 6.07) is 11.2. The topological polar surface area (TPSA) is 99.7 Å². The van der Waals surface area contributed by atoms with E-state index in [9.17, 15) is 18.8 Å². The molecule has 9 nitrogen and oxygen atoms in total. The number of anilines is 1. The number of benzene rings is 2. The third-order valence-corrected chi connectivity index (χ3v) is 6.83. The number of ether oxygens (including phenoxy) is 1. The molecule has 37 heavy (non-hydrogen) atoms. The maximum Gasteiger partial charge on any atom is 0.337 e. The molecule has 3 aromatic rings. The first-order valence-corrected chi connectivity index (χ1v) is 12.6. The van der Waals surface area contributed by atoms with Gasteiger partial charge in [0.25, 0.3) is 5.56 Å². The molecular weight excluding hydrogens is 497 g/mol. The molecule has 0 unspecified atom stereocenters. The molecular formula is C26H30FN5O4S. The minimum atomic E-state index is -0.505. The Balaban J connectivity index is 1.21. The second-order valence-electron chi connectivity index (χ2n) is 8.90. The summed E-state index contributed by atoms with van der Waals surface area (Å²) < 4.78 is 19.4. The second kappa shape index (κ2) is 12.1. The van der Waals surface area contributed by atoms with Gasteiger partial charge in [0.2, 0.25) is 5.91 Å². The van der Waals surface area contributed by atoms with Crippen LogP contribution in [0.15, 0.2) is 47.3 Å². The van der Waals surface area contributed by atoms with Gasteiger partial charge in [-0.1, -0.05) is 0 Å². The molecule has 1 fully saturated rings. The van der Waals surface area contributed by atoms with Crippen molar-refractivity contribution in [2.75, 3.05) is 51.3 Å². The van der Waals surface area contributed by atoms with Crippen molar-refractivity contribution in [2.45, 2.75) is 19.4 Å². The van der Waals surface area contributed by atoms with Gasteiger partial charge >= 0.3 is 5.97 Å². The van der Waals surface area contributed by atoms with Crippen LogP contribution >= 0.6 is 12.2 Å². The molecule has 196 valence electrons. The Labute approximate surface area is 218 Å². The molecule has 0 atom stereocenters. The number of nitrogens with one attached hydrogen (secondary N) is 2. The standard InChI is InChI=1S/C26H30FN5O4S/c1-36-25(35)18-3-8-21-22(17-18)29-26(37)32(24(21)34)12-9-23(33)28-10-2-11-30-13-15-31(16-14-30)20-6-4-19(27)5-7-20/h3-8,17H,2,9-16H2,1H3,(H,28,33)(H,29,37). The lowest BCUT2D eigenvalue weighted by Crippen LogP contribution is -2.47. The van der Waals surface area contributed by atoms with Crippen molar-refractivity contribution in [1.82, 2.24) is 19.8 Å². The summed E-state index contributed by atoms with van der Waals surface area (Å²) >= 11 is 5.31. The number of carbonyl (C=O) groups excluding carboxylic acids is 2. The molecule has 2 N–H and O–H groups in total. The van der Waals surface area contributed by atoms with Crippen LogP contribution in [0.3, 0.4) is 0 Å². The second-order valence-corrected chi connectivity index (χ2v) is 9.28. The van der Waals surface area contributed by atoms with Crippen LogP contribution in [-0.2, 0) is 16.1 Å². The maximum absolute atomic E-state index is 13.1. The van der Waals surface area contributed by atoms with Crippen LogP contribution in [0.2, 0.25) is 0 Å². The molecule has 11 heteroatoms. The summed E-state index contributed by atoms with van der Waals surface area (Å²) in [6.45, 7) is 5.16. The summed E-state index contributed by atoms with van der Waals surface area (Å²) in [6.07, 6.45) is 0.945. The molecule has 0 radical (unpaired) electrons. The van der Waals surface area contributed by atoms with Crippen molar-refractivity contribution in [2.24, 2.45) is 0 Å². The summed E-state index contributed by atoms with van der Waals surface area (Å²) in [4.78, 5) is 44.5. The molecule has 1 amide bonds. The number of fused-ring (bicyclic) bond motifs is 1. The van der Waals surface area contributed by atoms with E-state index in [0.717, 1.165) is 44.8 Å². The predicted molar refractivity (Wildman–Crippen MR) is 142 cm³/mol. The molecule has 0 spiro atoms. The van der Waals surface area contributed by atoms with Gasteiger partial charge in [0, 0.05) is 51.4 Å². The SMILES string of the molecule is COC(=O)c1ccc2c(=O)n(CCC(=O)NCCCN3CCN(c4ccc(F)cc4)CC3)c(=S)[nH]c2c1. The number of aromatic amines is 1. The highest BCUT2D eigenvalue weighted by molar-refractivity contribution is 7.71. The van der Waals surface area contributed by atoms with Crippen LogP contribution in [0.25, 0.3) is 10.9 Å². The zero-order valence-electron chi connectivity index (χ0n) is 20.7. The monoisotopic (exact) mass is 527 g/mol. The van der Waals surface area contributed by atoms with Gasteiger partial charge in [0.1, 0.15) is 5.82 Å². The fourth-order valence-corrected chi connectivity index (χ4v) is 4.70. The van der Waals surface area contributed by atoms with E-state index in [-0.39, 0.29) is 35.0 Å². The van der Waals surface area contributed by atoms with Gasteiger partial charge in [-0.05, 0) is 67.6 Å². The van der Waals surface area contributed by atoms with Crippen molar-refractivity contribution in [3.05, 3.63) is 69.0 Å². The Hall–Kier alpha value is -3.57. The van der Waals surface area contributed by atoms with E-state index in [4.69, 9.17) is 17.0 Å². The molecule has 1 aromatic heterocycles. The van der Waals surface area contributed by atoms with E-state index >= 15 is 0 Å². The lowest BCUT2D eigenvalue weighted by atomic mass is 10.1. The third kappa shape index (κ3) is 6.60. The first kappa shape index (κ1) is 26.5. The first-order chi connectivity index (χ1) is 17.9. The van der Waals surface area contributed by atoms with Crippen LogP contribution in [0.4, 0.5) is 10.1 Å². The van der Waals surface area contributed by atoms with E-state index in [0.29, 0.717) is 23.0 Å². The molecule has 1 saturated heterocycles. The molecule has 1 aliphatic rings. The molecule has 0 saturated carbocycles. The Morgan fingerprint density at radius 3 is 2.51 bits per heavy atom. The third-order valence-electron chi connectivity index (χ3n) is 6.50. The number of esters is 1. The summed E-state index contributed by atoms with van der Waals surface area (Å²) in [7, 11) is 1.29. The quantitative estimate of drug-likeness (QED) is 0.251. The van der Waals surface area contributed by atoms with Crippen LogP contribution in [-0.4, -0.2) is 72.7 Å². The largest absolute Gasteiger partial charge is 0.465 e. The van der Waals surface area contributed by atoms with E-state index in [1.165, 1.54) is 35.9 Å². The molecule has 4 rings (SSSR count). The number of piperazine rings is 1. The number of hydrogen-bond donors (Lipinski definition) is 2. The van der Waals surface area contributed by atoms with Crippen LogP contribution in [0, 0.1) is 10.6 Å². The number of methoxy groups -OCH3 is 1. The summed E-state index contributed by atoms with van der Waals surface area (Å²) in [5.74, 6) is -0.884. The smallest absolute Gasteiger partial charge is 0.337 e. The minimum absolute atomic E-state index is 0.124.